The van der Waals surface area contributed by atoms with Gasteiger partial charge in [0.2, 0.25) is 11.3 Å². The summed E-state index contributed by atoms with van der Waals surface area (Å²) in [5.41, 5.74) is 1.16. The lowest BCUT2D eigenvalue weighted by Crippen LogP contribution is -2.44. The van der Waals surface area contributed by atoms with Crippen molar-refractivity contribution < 1.29 is 9.18 Å². The van der Waals surface area contributed by atoms with Gasteiger partial charge in [-0.25, -0.2) is 4.39 Å². The van der Waals surface area contributed by atoms with E-state index in [1.807, 2.05) is 9.47 Å². The third kappa shape index (κ3) is 3.07. The van der Waals surface area contributed by atoms with E-state index in [4.69, 9.17) is 0 Å². The van der Waals surface area contributed by atoms with Crippen LogP contribution < -0.4 is 15.6 Å². The van der Waals surface area contributed by atoms with Crippen molar-refractivity contribution in [2.24, 2.45) is 0 Å². The van der Waals surface area contributed by atoms with Crippen molar-refractivity contribution in [1.82, 2.24) is 9.47 Å². The Morgan fingerprint density at radius 2 is 1.88 bits per heavy atom. The SMILES string of the molecule is CC(=O)Nc1cn(C2CC2)c2cc(N3CCN(C)CC3)c(F)cc2c1=O. The molecule has 0 radical (unpaired) electrons. The molecular formula is C19H23FN4O2. The molecule has 0 unspecified atom stereocenters. The number of fused-ring (bicyclic) bond motifs is 1. The van der Waals surface area contributed by atoms with Crippen LogP contribution in [0, 0.1) is 5.82 Å². The molecule has 1 amide bonds. The Hall–Kier alpha value is -2.41. The number of piperazine rings is 1. The highest BCUT2D eigenvalue weighted by atomic mass is 19.1. The zero-order chi connectivity index (χ0) is 18.4. The summed E-state index contributed by atoms with van der Waals surface area (Å²) in [6.45, 7) is 4.65. The molecule has 1 aliphatic carbocycles. The van der Waals surface area contributed by atoms with Crippen LogP contribution in [-0.4, -0.2) is 48.6 Å². The zero-order valence-corrected chi connectivity index (χ0v) is 15.1. The summed E-state index contributed by atoms with van der Waals surface area (Å²) in [6.07, 6.45) is 3.76. The third-order valence-electron chi connectivity index (χ3n) is 5.20. The van der Waals surface area contributed by atoms with Gasteiger partial charge in [-0.3, -0.25) is 9.59 Å². The first-order valence-electron chi connectivity index (χ1n) is 9.03. The number of nitrogens with zero attached hydrogens (tertiary/aromatic N) is 3. The predicted molar refractivity (Wildman–Crippen MR) is 100 cm³/mol. The van der Waals surface area contributed by atoms with Gasteiger partial charge in [-0.15, -0.1) is 0 Å². The second-order valence-electron chi connectivity index (χ2n) is 7.30. The van der Waals surface area contributed by atoms with Gasteiger partial charge in [0.25, 0.3) is 0 Å². The van der Waals surface area contributed by atoms with Crippen molar-refractivity contribution in [2.45, 2.75) is 25.8 Å². The lowest BCUT2D eigenvalue weighted by atomic mass is 10.1. The van der Waals surface area contributed by atoms with Gasteiger partial charge >= 0.3 is 0 Å². The van der Waals surface area contributed by atoms with E-state index >= 15 is 0 Å². The topological polar surface area (TPSA) is 57.6 Å². The lowest BCUT2D eigenvalue weighted by molar-refractivity contribution is -0.114. The summed E-state index contributed by atoms with van der Waals surface area (Å²) in [5.74, 6) is -0.695. The number of rotatable bonds is 3. The van der Waals surface area contributed by atoms with Crippen LogP contribution in [0.25, 0.3) is 10.9 Å². The third-order valence-corrected chi connectivity index (χ3v) is 5.20. The van der Waals surface area contributed by atoms with Crippen LogP contribution in [-0.2, 0) is 4.79 Å². The second kappa shape index (κ2) is 6.39. The predicted octanol–water partition coefficient (Wildman–Crippen LogP) is 2.19. The normalized spacial score (nSPS) is 18.3. The molecule has 2 heterocycles. The summed E-state index contributed by atoms with van der Waals surface area (Å²) < 4.78 is 16.8. The molecule has 1 aliphatic heterocycles. The molecule has 1 aromatic heterocycles. The van der Waals surface area contributed by atoms with Crippen LogP contribution in [0.2, 0.25) is 0 Å². The van der Waals surface area contributed by atoms with Crippen molar-refractivity contribution in [3.63, 3.8) is 0 Å². The molecule has 138 valence electrons. The van der Waals surface area contributed by atoms with Gasteiger partial charge in [-0.05, 0) is 32.0 Å². The maximum absolute atomic E-state index is 14.8. The van der Waals surface area contributed by atoms with Gasteiger partial charge in [0.1, 0.15) is 11.5 Å². The van der Waals surface area contributed by atoms with Crippen molar-refractivity contribution in [2.75, 3.05) is 43.4 Å². The maximum Gasteiger partial charge on any atom is 0.221 e. The van der Waals surface area contributed by atoms with Gasteiger partial charge in [0.15, 0.2) is 0 Å². The number of pyridine rings is 1. The molecule has 26 heavy (non-hydrogen) atoms. The fourth-order valence-electron chi connectivity index (χ4n) is 3.58. The number of hydrogen-bond acceptors (Lipinski definition) is 4. The average molecular weight is 358 g/mol. The number of aromatic nitrogens is 1. The van der Waals surface area contributed by atoms with Crippen molar-refractivity contribution in [3.05, 3.63) is 34.4 Å². The Morgan fingerprint density at radius 3 is 2.50 bits per heavy atom. The standard InChI is InChI=1S/C19H23FN4O2/c1-12(25)21-16-11-24(13-3-4-13)17-10-18(15(20)9-14(17)19(16)26)23-7-5-22(2)6-8-23/h9-11,13H,3-8H2,1-2H3,(H,21,25). The first-order valence-corrected chi connectivity index (χ1v) is 9.03. The van der Waals surface area contributed by atoms with Gasteiger partial charge in [0, 0.05) is 45.3 Å². The number of hydrogen-bond donors (Lipinski definition) is 1. The average Bonchev–Trinajstić information content (AvgIpc) is 3.43. The Balaban J connectivity index is 1.85. The number of nitrogens with one attached hydrogen (secondary N) is 1. The largest absolute Gasteiger partial charge is 0.367 e. The molecule has 1 aromatic carbocycles. The van der Waals surface area contributed by atoms with E-state index in [-0.39, 0.29) is 22.8 Å². The fourth-order valence-corrected chi connectivity index (χ4v) is 3.58. The van der Waals surface area contributed by atoms with Crippen LogP contribution >= 0.6 is 0 Å². The van der Waals surface area contributed by atoms with Crippen LogP contribution in [0.1, 0.15) is 25.8 Å². The molecule has 1 N–H and O–H groups in total. The number of carbonyl (C=O) groups excluding carboxylic acids is 1. The smallest absolute Gasteiger partial charge is 0.221 e. The minimum atomic E-state index is -0.388. The Labute approximate surface area is 151 Å². The number of carbonyl (C=O) groups is 1. The molecule has 0 bridgehead atoms. The van der Waals surface area contributed by atoms with E-state index in [0.29, 0.717) is 17.1 Å². The summed E-state index contributed by atoms with van der Waals surface area (Å²) in [4.78, 5) is 28.4. The van der Waals surface area contributed by atoms with Crippen molar-refractivity contribution in [1.29, 1.82) is 0 Å². The Bertz CT molecular complexity index is 927. The first kappa shape index (κ1) is 17.0. The highest BCUT2D eigenvalue weighted by Gasteiger charge is 2.27. The summed E-state index contributed by atoms with van der Waals surface area (Å²) in [6, 6.07) is 3.43. The molecule has 4 rings (SSSR count). The zero-order valence-electron chi connectivity index (χ0n) is 15.1. The van der Waals surface area contributed by atoms with E-state index in [1.54, 1.807) is 12.3 Å². The number of benzene rings is 1. The molecule has 1 saturated carbocycles. The number of amides is 1. The minimum absolute atomic E-state index is 0.212. The lowest BCUT2D eigenvalue weighted by Gasteiger charge is -2.34. The Morgan fingerprint density at radius 1 is 1.19 bits per heavy atom. The minimum Gasteiger partial charge on any atom is -0.367 e. The highest BCUT2D eigenvalue weighted by Crippen LogP contribution is 2.38. The molecule has 2 fully saturated rings. The van der Waals surface area contributed by atoms with Gasteiger partial charge < -0.3 is 19.7 Å². The van der Waals surface area contributed by atoms with Crippen LogP contribution in [0.15, 0.2) is 23.1 Å². The van der Waals surface area contributed by atoms with E-state index in [9.17, 15) is 14.0 Å². The molecule has 0 atom stereocenters. The molecule has 2 aromatic rings. The first-order chi connectivity index (χ1) is 12.4. The van der Waals surface area contributed by atoms with Crippen molar-refractivity contribution >= 4 is 28.2 Å². The number of likely N-dealkylation sites (N-methyl/N-ethyl adjacent to an activating group) is 1. The highest BCUT2D eigenvalue weighted by molar-refractivity contribution is 5.92. The second-order valence-corrected chi connectivity index (χ2v) is 7.30. The molecule has 7 heteroatoms. The van der Waals surface area contributed by atoms with Crippen LogP contribution in [0.3, 0.4) is 0 Å². The van der Waals surface area contributed by atoms with Gasteiger partial charge in [-0.1, -0.05) is 0 Å². The van der Waals surface area contributed by atoms with Crippen LogP contribution in [0.4, 0.5) is 15.8 Å². The quantitative estimate of drug-likeness (QED) is 0.914. The van der Waals surface area contributed by atoms with Crippen LogP contribution in [0.5, 0.6) is 0 Å². The van der Waals surface area contributed by atoms with Crippen molar-refractivity contribution in [3.8, 4) is 0 Å². The molecule has 2 aliphatic rings. The number of halogens is 1. The number of anilines is 2. The van der Waals surface area contributed by atoms with E-state index < -0.39 is 0 Å². The molecule has 0 spiro atoms. The van der Waals surface area contributed by atoms with E-state index in [0.717, 1.165) is 44.5 Å². The molecule has 1 saturated heterocycles. The summed E-state index contributed by atoms with van der Waals surface area (Å²) in [5, 5.41) is 2.90. The van der Waals surface area contributed by atoms with Gasteiger partial charge in [-0.2, -0.15) is 0 Å². The van der Waals surface area contributed by atoms with Gasteiger partial charge in [0.05, 0.1) is 16.6 Å². The fraction of sp³-hybridized carbons (Fsp3) is 0.474. The molecular weight excluding hydrogens is 335 g/mol. The monoisotopic (exact) mass is 358 g/mol. The van der Waals surface area contributed by atoms with E-state index in [1.165, 1.54) is 13.0 Å². The molecule has 6 nitrogen and oxygen atoms in total. The summed E-state index contributed by atoms with van der Waals surface area (Å²) >= 11 is 0. The maximum atomic E-state index is 14.8. The summed E-state index contributed by atoms with van der Waals surface area (Å²) in [7, 11) is 2.06. The van der Waals surface area contributed by atoms with E-state index in [2.05, 4.69) is 17.3 Å². The Kier molecular flexibility index (Phi) is 4.19.